The summed E-state index contributed by atoms with van der Waals surface area (Å²) in [5.74, 6) is 1.04. The van der Waals surface area contributed by atoms with Gasteiger partial charge >= 0.3 is 0 Å². The summed E-state index contributed by atoms with van der Waals surface area (Å²) in [6.07, 6.45) is 1.93. The van der Waals surface area contributed by atoms with Crippen LogP contribution in [0, 0.1) is 0 Å². The number of methoxy groups -OCH3 is 1. The van der Waals surface area contributed by atoms with E-state index in [9.17, 15) is 5.11 Å². The van der Waals surface area contributed by atoms with E-state index < -0.39 is 0 Å². The molecule has 0 unspecified atom stereocenters. The molecule has 0 spiro atoms. The summed E-state index contributed by atoms with van der Waals surface area (Å²) < 4.78 is 8.25. The maximum Gasteiger partial charge on any atom is 0.203 e. The molecule has 4 aromatic rings. The van der Waals surface area contributed by atoms with Crippen molar-refractivity contribution in [2.24, 2.45) is 0 Å². The number of fused-ring (bicyclic) bond motifs is 2. The molecule has 0 amide bonds. The summed E-state index contributed by atoms with van der Waals surface area (Å²) in [5.41, 5.74) is 0.956. The summed E-state index contributed by atoms with van der Waals surface area (Å²) >= 11 is 1.70. The molecule has 0 bridgehead atoms. The number of hydrogen-bond donors (Lipinski definition) is 1. The topological polar surface area (TPSA) is 34.4 Å². The lowest BCUT2D eigenvalue weighted by Gasteiger charge is -2.04. The summed E-state index contributed by atoms with van der Waals surface area (Å²) in [6, 6.07) is 13.9. The van der Waals surface area contributed by atoms with Crippen molar-refractivity contribution in [1.82, 2.24) is 4.57 Å². The normalized spacial score (nSPS) is 11.3. The highest BCUT2D eigenvalue weighted by molar-refractivity contribution is 7.17. The lowest BCUT2D eigenvalue weighted by atomic mass is 10.2. The Balaban J connectivity index is 1.94. The second-order valence-corrected chi connectivity index (χ2v) is 5.87. The van der Waals surface area contributed by atoms with Gasteiger partial charge in [0.2, 0.25) is 5.88 Å². The zero-order valence-electron chi connectivity index (χ0n) is 11.4. The van der Waals surface area contributed by atoms with E-state index in [0.29, 0.717) is 0 Å². The van der Waals surface area contributed by atoms with Gasteiger partial charge in [0.05, 0.1) is 7.11 Å². The molecule has 104 valence electrons. The average Bonchev–Trinajstić information content (AvgIpc) is 3.10. The number of benzene rings is 2. The molecule has 1 N–H and O–H groups in total. The number of aromatic nitrogens is 1. The largest absolute Gasteiger partial charge is 0.497 e. The second kappa shape index (κ2) is 4.53. The van der Waals surface area contributed by atoms with Crippen LogP contribution in [0.3, 0.4) is 0 Å². The van der Waals surface area contributed by atoms with E-state index in [0.717, 1.165) is 22.2 Å². The van der Waals surface area contributed by atoms with Crippen molar-refractivity contribution in [2.75, 3.05) is 7.11 Å². The van der Waals surface area contributed by atoms with Gasteiger partial charge in [-0.25, -0.2) is 0 Å². The fourth-order valence-electron chi connectivity index (χ4n) is 2.60. The van der Waals surface area contributed by atoms with E-state index in [2.05, 4.69) is 23.6 Å². The van der Waals surface area contributed by atoms with Gasteiger partial charge in [0, 0.05) is 27.4 Å². The van der Waals surface area contributed by atoms with Crippen LogP contribution in [0.25, 0.3) is 26.5 Å². The quantitative estimate of drug-likeness (QED) is 0.588. The highest BCUT2D eigenvalue weighted by atomic mass is 32.1. The van der Waals surface area contributed by atoms with Crippen LogP contribution < -0.4 is 4.74 Å². The van der Waals surface area contributed by atoms with Gasteiger partial charge in [0.25, 0.3) is 0 Å². The molecule has 3 nitrogen and oxygen atoms in total. The molecule has 0 radical (unpaired) electrons. The fourth-order valence-corrected chi connectivity index (χ4v) is 3.42. The van der Waals surface area contributed by atoms with Crippen LogP contribution in [0.5, 0.6) is 11.6 Å². The number of thiophene rings is 1. The monoisotopic (exact) mass is 295 g/mol. The highest BCUT2D eigenvalue weighted by Crippen LogP contribution is 2.33. The zero-order chi connectivity index (χ0) is 14.4. The minimum Gasteiger partial charge on any atom is -0.497 e. The smallest absolute Gasteiger partial charge is 0.203 e. The van der Waals surface area contributed by atoms with Crippen molar-refractivity contribution in [1.29, 1.82) is 0 Å². The van der Waals surface area contributed by atoms with E-state index >= 15 is 0 Å². The Morgan fingerprint density at radius 3 is 2.81 bits per heavy atom. The van der Waals surface area contributed by atoms with Gasteiger partial charge in [-0.3, -0.25) is 4.57 Å². The van der Waals surface area contributed by atoms with E-state index in [-0.39, 0.29) is 5.88 Å². The predicted molar refractivity (Wildman–Crippen MR) is 86.9 cm³/mol. The Hall–Kier alpha value is -2.46. The second-order valence-electron chi connectivity index (χ2n) is 4.92. The Labute approximate surface area is 125 Å². The Morgan fingerprint density at radius 1 is 1.05 bits per heavy atom. The molecule has 21 heavy (non-hydrogen) atoms. The number of ether oxygens (including phenoxy) is 1. The van der Waals surface area contributed by atoms with Crippen molar-refractivity contribution < 1.29 is 9.84 Å². The molecular formula is C17H13NO2S. The summed E-state index contributed by atoms with van der Waals surface area (Å²) in [5, 5.41) is 15.5. The number of rotatable bonds is 2. The van der Waals surface area contributed by atoms with Crippen LogP contribution in [0.1, 0.15) is 0 Å². The lowest BCUT2D eigenvalue weighted by molar-refractivity contribution is 0.415. The first-order valence-corrected chi connectivity index (χ1v) is 7.50. The SMILES string of the molecule is COc1ccc2c(O)n(-c3ccc4ccsc4c3)cc2c1. The van der Waals surface area contributed by atoms with Crippen LogP contribution >= 0.6 is 11.3 Å². The Morgan fingerprint density at radius 2 is 1.95 bits per heavy atom. The maximum absolute atomic E-state index is 10.5. The third-order valence-corrected chi connectivity index (χ3v) is 4.59. The highest BCUT2D eigenvalue weighted by Gasteiger charge is 2.11. The van der Waals surface area contributed by atoms with Gasteiger partial charge < -0.3 is 9.84 Å². The third kappa shape index (κ3) is 1.87. The first-order chi connectivity index (χ1) is 10.3. The third-order valence-electron chi connectivity index (χ3n) is 3.71. The first-order valence-electron chi connectivity index (χ1n) is 6.62. The number of hydrogen-bond acceptors (Lipinski definition) is 3. The molecule has 0 saturated heterocycles. The van der Waals surface area contributed by atoms with Crippen molar-refractivity contribution >= 4 is 32.2 Å². The van der Waals surface area contributed by atoms with Crippen LogP contribution in [0.2, 0.25) is 0 Å². The molecule has 0 aliphatic carbocycles. The van der Waals surface area contributed by atoms with Crippen molar-refractivity contribution in [3.05, 3.63) is 54.0 Å². The maximum atomic E-state index is 10.5. The minimum absolute atomic E-state index is 0.253. The van der Waals surface area contributed by atoms with Crippen LogP contribution in [-0.2, 0) is 0 Å². The first kappa shape index (κ1) is 12.3. The van der Waals surface area contributed by atoms with Gasteiger partial charge in [-0.05, 0) is 47.2 Å². The van der Waals surface area contributed by atoms with Gasteiger partial charge in [0.15, 0.2) is 0 Å². The predicted octanol–water partition coefficient (Wildman–Crippen LogP) is 4.56. The molecule has 2 heterocycles. The molecule has 0 saturated carbocycles. The molecule has 2 aromatic heterocycles. The summed E-state index contributed by atoms with van der Waals surface area (Å²) in [6.45, 7) is 0. The molecule has 4 heteroatoms. The molecule has 0 atom stereocenters. The van der Waals surface area contributed by atoms with Gasteiger partial charge in [0.1, 0.15) is 5.75 Å². The zero-order valence-corrected chi connectivity index (χ0v) is 12.2. The lowest BCUT2D eigenvalue weighted by Crippen LogP contribution is -1.89. The molecule has 0 aliphatic heterocycles. The van der Waals surface area contributed by atoms with E-state index in [1.54, 1.807) is 18.4 Å². The molecule has 4 rings (SSSR count). The number of aromatic hydroxyl groups is 1. The van der Waals surface area contributed by atoms with Crippen molar-refractivity contribution in [2.45, 2.75) is 0 Å². The van der Waals surface area contributed by atoms with E-state index in [1.165, 1.54) is 10.1 Å². The fraction of sp³-hybridized carbons (Fsp3) is 0.0588. The van der Waals surface area contributed by atoms with E-state index in [4.69, 9.17) is 4.74 Å². The Kier molecular flexibility index (Phi) is 2.65. The average molecular weight is 295 g/mol. The minimum atomic E-state index is 0.253. The van der Waals surface area contributed by atoms with Crippen LogP contribution in [0.4, 0.5) is 0 Å². The van der Waals surface area contributed by atoms with Gasteiger partial charge in [-0.15, -0.1) is 11.3 Å². The van der Waals surface area contributed by atoms with Crippen LogP contribution in [0.15, 0.2) is 54.0 Å². The van der Waals surface area contributed by atoms with Gasteiger partial charge in [-0.2, -0.15) is 0 Å². The summed E-state index contributed by atoms with van der Waals surface area (Å²) in [7, 11) is 1.64. The number of nitrogens with zero attached hydrogens (tertiary/aromatic N) is 1. The molecule has 0 fully saturated rings. The molecule has 0 aliphatic rings. The van der Waals surface area contributed by atoms with Crippen molar-refractivity contribution in [3.8, 4) is 17.3 Å². The van der Waals surface area contributed by atoms with Gasteiger partial charge in [-0.1, -0.05) is 6.07 Å². The van der Waals surface area contributed by atoms with Crippen LogP contribution in [-0.4, -0.2) is 16.8 Å². The standard InChI is InChI=1S/C17H13NO2S/c1-20-14-4-5-15-12(8-14)10-18(17(15)19)13-3-2-11-6-7-21-16(11)9-13/h2-10,19H,1H3. The summed E-state index contributed by atoms with van der Waals surface area (Å²) in [4.78, 5) is 0. The van der Waals surface area contributed by atoms with Crippen molar-refractivity contribution in [3.63, 3.8) is 0 Å². The molecular weight excluding hydrogens is 282 g/mol. The molecule has 2 aromatic carbocycles. The van der Waals surface area contributed by atoms with E-state index in [1.807, 2.05) is 35.0 Å². The Bertz CT molecular complexity index is 952.